The lowest BCUT2D eigenvalue weighted by Crippen LogP contribution is -2.45. The van der Waals surface area contributed by atoms with Gasteiger partial charge in [0.25, 0.3) is 0 Å². The van der Waals surface area contributed by atoms with Crippen LogP contribution in [0.1, 0.15) is 18.0 Å². The summed E-state index contributed by atoms with van der Waals surface area (Å²) < 4.78 is 14.1. The number of piperazine rings is 1. The average Bonchev–Trinajstić information content (AvgIpc) is 2.41. The van der Waals surface area contributed by atoms with E-state index in [0.29, 0.717) is 5.56 Å². The summed E-state index contributed by atoms with van der Waals surface area (Å²) in [4.78, 5) is 2.28. The molecule has 114 valence electrons. The van der Waals surface area contributed by atoms with Crippen molar-refractivity contribution in [2.75, 3.05) is 26.2 Å². The van der Waals surface area contributed by atoms with Crippen LogP contribution in [0.25, 0.3) is 0 Å². The first kappa shape index (κ1) is 19.7. The predicted octanol–water partition coefficient (Wildman–Crippen LogP) is 3.85. The van der Waals surface area contributed by atoms with Gasteiger partial charge in [-0.1, -0.05) is 29.8 Å². The lowest BCUT2D eigenvalue weighted by molar-refractivity contribution is 0.171. The molecular weight excluding hydrogens is 322 g/mol. The highest BCUT2D eigenvalue weighted by molar-refractivity contribution is 6.30. The third-order valence-electron chi connectivity index (χ3n) is 3.32. The Kier molecular flexibility index (Phi) is 9.43. The average molecular weight is 342 g/mol. The quantitative estimate of drug-likeness (QED) is 0.837. The van der Waals surface area contributed by atoms with Gasteiger partial charge in [-0.05, 0) is 12.5 Å². The molecule has 1 saturated heterocycles. The number of nitrogens with zero attached hydrogens (tertiary/aromatic N) is 1. The maximum Gasteiger partial charge on any atom is 0.146 e. The first-order valence-electron chi connectivity index (χ1n) is 6.23. The molecule has 2 nitrogen and oxygen atoms in total. The molecule has 1 N–H and O–H groups in total. The second-order valence-electron chi connectivity index (χ2n) is 4.47. The Morgan fingerprint density at radius 1 is 1.35 bits per heavy atom. The standard InChI is InChI=1S/C14H18ClFN2.2ClH/c1-2-4-13(18-9-7-17-8-10-18)11-5-3-6-12(15)14(11)16;;/h2-3,5-6,13,17H,1,4,7-10H2;2*1H/t13-;;/m0../s1. The van der Waals surface area contributed by atoms with Gasteiger partial charge in [-0.2, -0.15) is 0 Å². The normalized spacial score (nSPS) is 16.7. The molecule has 0 aromatic heterocycles. The molecule has 0 amide bonds. The summed E-state index contributed by atoms with van der Waals surface area (Å²) in [5, 5.41) is 3.49. The first-order valence-corrected chi connectivity index (χ1v) is 6.61. The third kappa shape index (κ3) is 4.61. The topological polar surface area (TPSA) is 15.3 Å². The van der Waals surface area contributed by atoms with Gasteiger partial charge < -0.3 is 5.32 Å². The molecule has 1 aromatic carbocycles. The van der Waals surface area contributed by atoms with E-state index >= 15 is 0 Å². The zero-order valence-electron chi connectivity index (χ0n) is 11.1. The highest BCUT2D eigenvalue weighted by Gasteiger charge is 2.24. The molecular formula is C14H20Cl3FN2. The van der Waals surface area contributed by atoms with Crippen LogP contribution in [0.2, 0.25) is 5.02 Å². The van der Waals surface area contributed by atoms with Gasteiger partial charge in [0, 0.05) is 37.8 Å². The van der Waals surface area contributed by atoms with Crippen LogP contribution in [0, 0.1) is 5.82 Å². The van der Waals surface area contributed by atoms with E-state index in [-0.39, 0.29) is 41.7 Å². The number of nitrogens with one attached hydrogen (secondary N) is 1. The summed E-state index contributed by atoms with van der Waals surface area (Å²) in [6.45, 7) is 7.50. The Balaban J connectivity index is 0.00000180. The summed E-state index contributed by atoms with van der Waals surface area (Å²) in [7, 11) is 0. The van der Waals surface area contributed by atoms with Gasteiger partial charge in [0.2, 0.25) is 0 Å². The minimum atomic E-state index is -0.301. The smallest absolute Gasteiger partial charge is 0.146 e. The molecule has 1 aliphatic heterocycles. The first-order chi connectivity index (χ1) is 8.74. The Labute approximate surface area is 137 Å². The van der Waals surface area contributed by atoms with Gasteiger partial charge in [0.1, 0.15) is 5.82 Å². The fraction of sp³-hybridized carbons (Fsp3) is 0.429. The maximum absolute atomic E-state index is 14.1. The molecule has 0 unspecified atom stereocenters. The van der Waals surface area contributed by atoms with Gasteiger partial charge in [-0.15, -0.1) is 31.4 Å². The number of rotatable bonds is 4. The van der Waals surface area contributed by atoms with Crippen molar-refractivity contribution in [3.05, 3.63) is 47.3 Å². The minimum Gasteiger partial charge on any atom is -0.314 e. The summed E-state index contributed by atoms with van der Waals surface area (Å²) in [6, 6.07) is 5.24. The largest absolute Gasteiger partial charge is 0.314 e. The third-order valence-corrected chi connectivity index (χ3v) is 3.61. The zero-order valence-corrected chi connectivity index (χ0v) is 13.5. The zero-order chi connectivity index (χ0) is 13.0. The van der Waals surface area contributed by atoms with Crippen LogP contribution in [0.5, 0.6) is 0 Å². The van der Waals surface area contributed by atoms with Crippen LogP contribution in [0.15, 0.2) is 30.9 Å². The van der Waals surface area contributed by atoms with E-state index in [0.717, 1.165) is 32.6 Å². The van der Waals surface area contributed by atoms with Crippen LogP contribution in [-0.4, -0.2) is 31.1 Å². The van der Waals surface area contributed by atoms with Crippen molar-refractivity contribution < 1.29 is 4.39 Å². The van der Waals surface area contributed by atoms with E-state index in [2.05, 4.69) is 16.8 Å². The van der Waals surface area contributed by atoms with Gasteiger partial charge in [0.15, 0.2) is 0 Å². The highest BCUT2D eigenvalue weighted by atomic mass is 35.5. The fourth-order valence-corrected chi connectivity index (χ4v) is 2.58. The molecule has 0 radical (unpaired) electrons. The van der Waals surface area contributed by atoms with Gasteiger partial charge in [0.05, 0.1) is 5.02 Å². The molecule has 1 fully saturated rings. The molecule has 2 rings (SSSR count). The monoisotopic (exact) mass is 340 g/mol. The minimum absolute atomic E-state index is 0. The lowest BCUT2D eigenvalue weighted by Gasteiger charge is -2.35. The van der Waals surface area contributed by atoms with Crippen molar-refractivity contribution in [3.8, 4) is 0 Å². The van der Waals surface area contributed by atoms with Gasteiger partial charge in [-0.25, -0.2) is 4.39 Å². The fourth-order valence-electron chi connectivity index (χ4n) is 2.40. The Morgan fingerprint density at radius 2 is 2.00 bits per heavy atom. The van der Waals surface area contributed by atoms with Gasteiger partial charge >= 0.3 is 0 Å². The second-order valence-corrected chi connectivity index (χ2v) is 4.88. The molecule has 1 heterocycles. The second kappa shape index (κ2) is 9.59. The van der Waals surface area contributed by atoms with Gasteiger partial charge in [-0.3, -0.25) is 4.90 Å². The Bertz CT molecular complexity index is 423. The molecule has 0 bridgehead atoms. The predicted molar refractivity (Wildman–Crippen MR) is 87.9 cm³/mol. The van der Waals surface area contributed by atoms with Crippen LogP contribution in [0.3, 0.4) is 0 Å². The van der Waals surface area contributed by atoms with E-state index in [1.54, 1.807) is 12.1 Å². The lowest BCUT2D eigenvalue weighted by atomic mass is 10.0. The van der Waals surface area contributed by atoms with Crippen molar-refractivity contribution >= 4 is 36.4 Å². The number of hydrogen-bond acceptors (Lipinski definition) is 2. The molecule has 0 spiro atoms. The molecule has 20 heavy (non-hydrogen) atoms. The van der Waals surface area contributed by atoms with E-state index in [4.69, 9.17) is 11.6 Å². The summed E-state index contributed by atoms with van der Waals surface area (Å²) in [6.07, 6.45) is 2.57. The molecule has 0 saturated carbocycles. The van der Waals surface area contributed by atoms with E-state index in [1.165, 1.54) is 0 Å². The maximum atomic E-state index is 14.1. The molecule has 6 heteroatoms. The van der Waals surface area contributed by atoms with Crippen molar-refractivity contribution in [1.82, 2.24) is 10.2 Å². The molecule has 1 aromatic rings. The van der Waals surface area contributed by atoms with Crippen LogP contribution in [-0.2, 0) is 0 Å². The molecule has 0 aliphatic carbocycles. The highest BCUT2D eigenvalue weighted by Crippen LogP contribution is 2.30. The van der Waals surface area contributed by atoms with Crippen molar-refractivity contribution in [2.24, 2.45) is 0 Å². The molecule has 1 aliphatic rings. The summed E-state index contributed by atoms with van der Waals surface area (Å²) in [5.41, 5.74) is 0.671. The van der Waals surface area contributed by atoms with Crippen LogP contribution >= 0.6 is 36.4 Å². The van der Waals surface area contributed by atoms with Crippen LogP contribution < -0.4 is 5.32 Å². The number of benzene rings is 1. The van der Waals surface area contributed by atoms with E-state index in [1.807, 2.05) is 12.1 Å². The number of halogens is 4. The van der Waals surface area contributed by atoms with Crippen molar-refractivity contribution in [1.29, 1.82) is 0 Å². The van der Waals surface area contributed by atoms with Crippen molar-refractivity contribution in [2.45, 2.75) is 12.5 Å². The summed E-state index contributed by atoms with van der Waals surface area (Å²) >= 11 is 5.87. The van der Waals surface area contributed by atoms with E-state index < -0.39 is 0 Å². The van der Waals surface area contributed by atoms with E-state index in [9.17, 15) is 4.39 Å². The van der Waals surface area contributed by atoms with Crippen molar-refractivity contribution in [3.63, 3.8) is 0 Å². The Morgan fingerprint density at radius 3 is 2.60 bits per heavy atom. The summed E-state index contributed by atoms with van der Waals surface area (Å²) in [5.74, 6) is -0.301. The van der Waals surface area contributed by atoms with Crippen LogP contribution in [0.4, 0.5) is 4.39 Å². The SMILES string of the molecule is C=CC[C@@H](c1cccc(Cl)c1F)N1CCNCC1.Cl.Cl. The Hall–Kier alpha value is -0.320. The molecule has 1 atom stereocenters. The number of hydrogen-bond donors (Lipinski definition) is 1.